The van der Waals surface area contributed by atoms with Gasteiger partial charge < -0.3 is 10.6 Å². The van der Waals surface area contributed by atoms with Crippen LogP contribution < -0.4 is 10.6 Å². The lowest BCUT2D eigenvalue weighted by molar-refractivity contribution is 0.479. The van der Waals surface area contributed by atoms with Gasteiger partial charge in [-0.2, -0.15) is 5.26 Å². The van der Waals surface area contributed by atoms with Crippen LogP contribution in [0.4, 0.5) is 5.69 Å². The van der Waals surface area contributed by atoms with Crippen LogP contribution in [0.3, 0.4) is 0 Å². The number of rotatable bonds is 5. The molecule has 0 atom stereocenters. The second kappa shape index (κ2) is 8.20. The molecule has 2 N–H and O–H groups in total. The fourth-order valence-electron chi connectivity index (χ4n) is 3.78. The third-order valence-corrected chi connectivity index (χ3v) is 5.24. The van der Waals surface area contributed by atoms with E-state index in [1.54, 1.807) is 0 Å². The summed E-state index contributed by atoms with van der Waals surface area (Å²) in [5, 5.41) is 18.4. The molecule has 0 aliphatic carbocycles. The Labute approximate surface area is 160 Å². The third-order valence-electron chi connectivity index (χ3n) is 5.24. The van der Waals surface area contributed by atoms with E-state index in [1.165, 1.54) is 27.5 Å². The van der Waals surface area contributed by atoms with Gasteiger partial charge in [-0.15, -0.1) is 0 Å². The summed E-state index contributed by atoms with van der Waals surface area (Å²) in [5.41, 5.74) is 4.75. The Bertz CT molecular complexity index is 968. The van der Waals surface area contributed by atoms with E-state index in [9.17, 15) is 0 Å². The molecule has 136 valence electrons. The maximum atomic E-state index is 8.86. The number of nitrogens with zero attached hydrogens (tertiary/aromatic N) is 2. The number of piperidine rings is 1. The molecule has 0 amide bonds. The molecule has 4 nitrogen and oxygen atoms in total. The molecular formula is C23H24N4. The van der Waals surface area contributed by atoms with Crippen molar-refractivity contribution in [1.29, 1.82) is 5.26 Å². The molecule has 2 aromatic carbocycles. The van der Waals surface area contributed by atoms with Gasteiger partial charge in [0.2, 0.25) is 0 Å². The van der Waals surface area contributed by atoms with Crippen molar-refractivity contribution in [2.45, 2.75) is 31.7 Å². The first-order chi connectivity index (χ1) is 13.3. The molecule has 3 aromatic rings. The molecule has 0 unspecified atom stereocenters. The van der Waals surface area contributed by atoms with Crippen molar-refractivity contribution in [1.82, 2.24) is 10.3 Å². The average Bonchev–Trinajstić information content (AvgIpc) is 2.73. The lowest BCUT2D eigenvalue weighted by Crippen LogP contribution is -2.35. The predicted molar refractivity (Wildman–Crippen MR) is 111 cm³/mol. The molecule has 1 aromatic heterocycles. The Morgan fingerprint density at radius 2 is 2.00 bits per heavy atom. The summed E-state index contributed by atoms with van der Waals surface area (Å²) in [6.45, 7) is 2.13. The van der Waals surface area contributed by atoms with Crippen LogP contribution in [-0.4, -0.2) is 24.1 Å². The summed E-state index contributed by atoms with van der Waals surface area (Å²) < 4.78 is 0. The summed E-state index contributed by atoms with van der Waals surface area (Å²) in [7, 11) is 0. The Balaban J connectivity index is 1.72. The van der Waals surface area contributed by atoms with Crippen LogP contribution in [0.5, 0.6) is 0 Å². The number of hydrogen-bond donors (Lipinski definition) is 2. The zero-order valence-corrected chi connectivity index (χ0v) is 15.4. The highest BCUT2D eigenvalue weighted by Crippen LogP contribution is 2.32. The average molecular weight is 356 g/mol. The topological polar surface area (TPSA) is 60.7 Å². The number of pyridine rings is 1. The minimum absolute atomic E-state index is 0.492. The molecule has 0 spiro atoms. The summed E-state index contributed by atoms with van der Waals surface area (Å²) in [4.78, 5) is 4.33. The number of aromatic nitrogens is 1. The molecular weight excluding hydrogens is 332 g/mol. The van der Waals surface area contributed by atoms with E-state index in [-0.39, 0.29) is 0 Å². The number of fused-ring (bicyclic) bond motifs is 1. The number of nitriles is 1. The SMILES string of the molecule is N#CCCc1cccc(-c2cc(NC3CCNCC3)c3cnccc3c2)c1. The summed E-state index contributed by atoms with van der Waals surface area (Å²) in [6, 6.07) is 17.8. The molecule has 0 bridgehead atoms. The van der Waals surface area contributed by atoms with Gasteiger partial charge in [-0.3, -0.25) is 4.98 Å². The van der Waals surface area contributed by atoms with E-state index in [2.05, 4.69) is 64.2 Å². The quantitative estimate of drug-likeness (QED) is 0.705. The number of nitrogens with one attached hydrogen (secondary N) is 2. The standard InChI is InChI=1S/C23H24N4/c24-9-2-4-17-3-1-5-18(13-17)20-14-19-6-10-26-16-22(19)23(15-20)27-21-7-11-25-12-8-21/h1,3,5-6,10,13-16,21,25,27H,2,4,7-8,11-12H2. The number of hydrogen-bond acceptors (Lipinski definition) is 4. The van der Waals surface area contributed by atoms with E-state index in [0.717, 1.165) is 38.0 Å². The van der Waals surface area contributed by atoms with Gasteiger partial charge in [0.15, 0.2) is 0 Å². The molecule has 1 aliphatic rings. The third kappa shape index (κ3) is 4.10. The van der Waals surface area contributed by atoms with Gasteiger partial charge in [0.1, 0.15) is 0 Å². The first-order valence-electron chi connectivity index (χ1n) is 9.65. The Morgan fingerprint density at radius 3 is 2.85 bits per heavy atom. The van der Waals surface area contributed by atoms with Crippen molar-refractivity contribution in [3.05, 3.63) is 60.4 Å². The van der Waals surface area contributed by atoms with Crippen LogP contribution in [0, 0.1) is 11.3 Å². The Hall–Kier alpha value is -2.90. The van der Waals surface area contributed by atoms with Crippen molar-refractivity contribution in [2.75, 3.05) is 18.4 Å². The van der Waals surface area contributed by atoms with Crippen molar-refractivity contribution in [2.24, 2.45) is 0 Å². The van der Waals surface area contributed by atoms with E-state index in [1.807, 2.05) is 12.4 Å². The first kappa shape index (κ1) is 17.5. The highest BCUT2D eigenvalue weighted by molar-refractivity contribution is 5.97. The van der Waals surface area contributed by atoms with Gasteiger partial charge in [-0.25, -0.2) is 0 Å². The summed E-state index contributed by atoms with van der Waals surface area (Å²) in [6.07, 6.45) is 7.41. The van der Waals surface area contributed by atoms with Crippen molar-refractivity contribution in [3.8, 4) is 17.2 Å². The monoisotopic (exact) mass is 356 g/mol. The molecule has 1 aliphatic heterocycles. The second-order valence-corrected chi connectivity index (χ2v) is 7.15. The number of benzene rings is 2. The van der Waals surface area contributed by atoms with E-state index in [4.69, 9.17) is 5.26 Å². The molecule has 2 heterocycles. The normalized spacial score (nSPS) is 14.8. The minimum Gasteiger partial charge on any atom is -0.382 e. The van der Waals surface area contributed by atoms with Crippen molar-refractivity contribution < 1.29 is 0 Å². The second-order valence-electron chi connectivity index (χ2n) is 7.15. The van der Waals surface area contributed by atoms with Crippen LogP contribution in [-0.2, 0) is 6.42 Å². The van der Waals surface area contributed by atoms with Gasteiger partial charge in [0, 0.05) is 35.9 Å². The fraction of sp³-hybridized carbons (Fsp3) is 0.304. The first-order valence-corrected chi connectivity index (χ1v) is 9.65. The fourth-order valence-corrected chi connectivity index (χ4v) is 3.78. The Morgan fingerprint density at radius 1 is 1.11 bits per heavy atom. The summed E-state index contributed by atoms with van der Waals surface area (Å²) >= 11 is 0. The minimum atomic E-state index is 0.492. The van der Waals surface area contributed by atoms with Crippen LogP contribution >= 0.6 is 0 Å². The summed E-state index contributed by atoms with van der Waals surface area (Å²) in [5.74, 6) is 0. The highest BCUT2D eigenvalue weighted by Gasteiger charge is 2.15. The molecule has 27 heavy (non-hydrogen) atoms. The molecule has 1 saturated heterocycles. The van der Waals surface area contributed by atoms with Gasteiger partial charge >= 0.3 is 0 Å². The number of anilines is 1. The zero-order valence-electron chi connectivity index (χ0n) is 15.4. The molecule has 0 radical (unpaired) electrons. The van der Waals surface area contributed by atoms with Crippen molar-refractivity contribution >= 4 is 16.5 Å². The van der Waals surface area contributed by atoms with Gasteiger partial charge in [-0.1, -0.05) is 24.3 Å². The van der Waals surface area contributed by atoms with Gasteiger partial charge in [0.05, 0.1) is 6.07 Å². The smallest absolute Gasteiger partial charge is 0.0625 e. The van der Waals surface area contributed by atoms with E-state index < -0.39 is 0 Å². The largest absolute Gasteiger partial charge is 0.382 e. The zero-order chi connectivity index (χ0) is 18.5. The maximum Gasteiger partial charge on any atom is 0.0625 e. The van der Waals surface area contributed by atoms with Crippen molar-refractivity contribution in [3.63, 3.8) is 0 Å². The maximum absolute atomic E-state index is 8.86. The van der Waals surface area contributed by atoms with Crippen LogP contribution in [0.2, 0.25) is 0 Å². The molecule has 1 fully saturated rings. The van der Waals surface area contributed by atoms with Crippen LogP contribution in [0.1, 0.15) is 24.8 Å². The highest BCUT2D eigenvalue weighted by atomic mass is 15.0. The van der Waals surface area contributed by atoms with E-state index >= 15 is 0 Å². The molecule has 4 heteroatoms. The predicted octanol–water partition coefficient (Wildman–Crippen LogP) is 4.52. The van der Waals surface area contributed by atoms with Crippen LogP contribution in [0.25, 0.3) is 21.9 Å². The van der Waals surface area contributed by atoms with Crippen LogP contribution in [0.15, 0.2) is 54.9 Å². The van der Waals surface area contributed by atoms with Gasteiger partial charge in [-0.05, 0) is 72.6 Å². The molecule has 4 rings (SSSR count). The van der Waals surface area contributed by atoms with Gasteiger partial charge in [0.25, 0.3) is 0 Å². The lowest BCUT2D eigenvalue weighted by Gasteiger charge is -2.25. The lowest BCUT2D eigenvalue weighted by atomic mass is 9.97. The van der Waals surface area contributed by atoms with E-state index in [0.29, 0.717) is 12.5 Å². The molecule has 0 saturated carbocycles. The Kier molecular flexibility index (Phi) is 5.32. The number of aryl methyl sites for hydroxylation is 1.